The second-order valence-corrected chi connectivity index (χ2v) is 10.3. The number of ether oxygens (including phenoxy) is 1. The Bertz CT molecular complexity index is 1020. The zero-order valence-electron chi connectivity index (χ0n) is 18.5. The van der Waals surface area contributed by atoms with Gasteiger partial charge < -0.3 is 15.0 Å². The normalized spacial score (nSPS) is 14.3. The topological polar surface area (TPSA) is 79.0 Å². The highest BCUT2D eigenvalue weighted by molar-refractivity contribution is 7.92. The molecule has 1 N–H and O–H groups in total. The number of nitrogens with one attached hydrogen (secondary N) is 1. The SMILES string of the molecule is Cc1ccc(Cl)cc1N(CCCC(=O)NCc1ccc(N2CCOCC2)cc1)S(C)(=O)=O. The van der Waals surface area contributed by atoms with Gasteiger partial charge in [-0.2, -0.15) is 0 Å². The summed E-state index contributed by atoms with van der Waals surface area (Å²) in [5.74, 6) is -0.112. The number of anilines is 2. The molecular formula is C23H30ClN3O4S. The van der Waals surface area contributed by atoms with Gasteiger partial charge in [0.05, 0.1) is 25.2 Å². The van der Waals surface area contributed by atoms with Crippen molar-refractivity contribution in [1.82, 2.24) is 5.32 Å². The van der Waals surface area contributed by atoms with Crippen molar-refractivity contribution in [3.8, 4) is 0 Å². The molecule has 0 unspecified atom stereocenters. The minimum absolute atomic E-state index is 0.112. The summed E-state index contributed by atoms with van der Waals surface area (Å²) in [7, 11) is -3.49. The minimum atomic E-state index is -3.49. The van der Waals surface area contributed by atoms with E-state index in [2.05, 4.69) is 22.3 Å². The van der Waals surface area contributed by atoms with E-state index in [0.717, 1.165) is 49.4 Å². The number of nitrogens with zero attached hydrogens (tertiary/aromatic N) is 2. The number of carbonyl (C=O) groups is 1. The average Bonchev–Trinajstić information content (AvgIpc) is 2.77. The number of aryl methyl sites for hydroxylation is 1. The predicted molar refractivity (Wildman–Crippen MR) is 129 cm³/mol. The maximum Gasteiger partial charge on any atom is 0.232 e. The van der Waals surface area contributed by atoms with Crippen molar-refractivity contribution < 1.29 is 17.9 Å². The highest BCUT2D eigenvalue weighted by atomic mass is 35.5. The lowest BCUT2D eigenvalue weighted by Gasteiger charge is -2.28. The smallest absolute Gasteiger partial charge is 0.232 e. The molecule has 174 valence electrons. The number of sulfonamides is 1. The monoisotopic (exact) mass is 479 g/mol. The van der Waals surface area contributed by atoms with Crippen molar-refractivity contribution in [1.29, 1.82) is 0 Å². The van der Waals surface area contributed by atoms with Crippen LogP contribution >= 0.6 is 11.6 Å². The summed E-state index contributed by atoms with van der Waals surface area (Å²) in [6.45, 7) is 5.73. The Hall–Kier alpha value is -2.29. The first-order valence-corrected chi connectivity index (χ1v) is 12.9. The Morgan fingerprint density at radius 1 is 1.16 bits per heavy atom. The summed E-state index contributed by atoms with van der Waals surface area (Å²) < 4.78 is 31.3. The quantitative estimate of drug-likeness (QED) is 0.596. The summed E-state index contributed by atoms with van der Waals surface area (Å²) in [6.07, 6.45) is 1.80. The van der Waals surface area contributed by atoms with Gasteiger partial charge in [-0.05, 0) is 48.7 Å². The van der Waals surface area contributed by atoms with Gasteiger partial charge in [0.15, 0.2) is 0 Å². The minimum Gasteiger partial charge on any atom is -0.378 e. The number of hydrogen-bond donors (Lipinski definition) is 1. The zero-order valence-corrected chi connectivity index (χ0v) is 20.1. The lowest BCUT2D eigenvalue weighted by Crippen LogP contribution is -2.36. The van der Waals surface area contributed by atoms with Crippen LogP contribution in [0, 0.1) is 6.92 Å². The van der Waals surface area contributed by atoms with Gasteiger partial charge in [-0.1, -0.05) is 29.8 Å². The molecule has 0 atom stereocenters. The van der Waals surface area contributed by atoms with Crippen molar-refractivity contribution >= 4 is 38.9 Å². The number of benzene rings is 2. The Morgan fingerprint density at radius 2 is 1.84 bits per heavy atom. The van der Waals surface area contributed by atoms with Crippen LogP contribution in [0.2, 0.25) is 5.02 Å². The Balaban J connectivity index is 1.49. The van der Waals surface area contributed by atoms with Crippen LogP contribution in [-0.4, -0.2) is 53.4 Å². The first-order valence-electron chi connectivity index (χ1n) is 10.7. The molecule has 1 aliphatic rings. The van der Waals surface area contributed by atoms with Crippen LogP contribution in [0.15, 0.2) is 42.5 Å². The Morgan fingerprint density at radius 3 is 2.50 bits per heavy atom. The van der Waals surface area contributed by atoms with Crippen LogP contribution in [0.4, 0.5) is 11.4 Å². The molecule has 2 aromatic rings. The molecule has 9 heteroatoms. The maximum atomic E-state index is 12.3. The van der Waals surface area contributed by atoms with Gasteiger partial charge in [-0.15, -0.1) is 0 Å². The number of halogens is 1. The number of amides is 1. The molecule has 2 aromatic carbocycles. The molecule has 0 saturated carbocycles. The number of hydrogen-bond acceptors (Lipinski definition) is 5. The molecule has 1 heterocycles. The van der Waals surface area contributed by atoms with Gasteiger partial charge in [0, 0.05) is 43.3 Å². The van der Waals surface area contributed by atoms with Crippen LogP contribution in [0.1, 0.15) is 24.0 Å². The first-order chi connectivity index (χ1) is 15.2. The molecule has 1 saturated heterocycles. The van der Waals surface area contributed by atoms with Crippen LogP contribution < -0.4 is 14.5 Å². The second-order valence-electron chi connectivity index (χ2n) is 7.91. The number of carbonyl (C=O) groups excluding carboxylic acids is 1. The van der Waals surface area contributed by atoms with Crippen LogP contribution in [0.3, 0.4) is 0 Å². The molecule has 1 amide bonds. The third-order valence-electron chi connectivity index (χ3n) is 5.41. The number of rotatable bonds is 9. The zero-order chi connectivity index (χ0) is 23.1. The highest BCUT2D eigenvalue weighted by Crippen LogP contribution is 2.26. The summed E-state index contributed by atoms with van der Waals surface area (Å²) in [4.78, 5) is 14.6. The molecule has 7 nitrogen and oxygen atoms in total. The number of morpholine rings is 1. The highest BCUT2D eigenvalue weighted by Gasteiger charge is 2.20. The Labute approximate surface area is 195 Å². The van der Waals surface area contributed by atoms with Gasteiger partial charge >= 0.3 is 0 Å². The standard InChI is InChI=1S/C23H30ClN3O4S/c1-18-5-8-20(24)16-22(18)27(32(2,29)30)11-3-4-23(28)25-17-19-6-9-21(10-7-19)26-12-14-31-15-13-26/h5-10,16H,3-4,11-15,17H2,1-2H3,(H,25,28). The van der Waals surface area contributed by atoms with E-state index in [9.17, 15) is 13.2 Å². The largest absolute Gasteiger partial charge is 0.378 e. The average molecular weight is 480 g/mol. The maximum absolute atomic E-state index is 12.3. The van der Waals surface area contributed by atoms with Crippen LogP contribution in [-0.2, 0) is 26.1 Å². The lowest BCUT2D eigenvalue weighted by molar-refractivity contribution is -0.121. The molecule has 0 aliphatic carbocycles. The second kappa shape index (κ2) is 11.0. The van der Waals surface area contributed by atoms with Crippen molar-refractivity contribution in [2.75, 3.05) is 48.3 Å². The fourth-order valence-corrected chi connectivity index (χ4v) is 4.82. The molecule has 3 rings (SSSR count). The molecule has 1 aliphatic heterocycles. The van der Waals surface area contributed by atoms with Gasteiger partial charge in [0.2, 0.25) is 15.9 Å². The molecule has 0 bridgehead atoms. The molecule has 0 spiro atoms. The lowest BCUT2D eigenvalue weighted by atomic mass is 10.1. The molecule has 0 aromatic heterocycles. The third-order valence-corrected chi connectivity index (χ3v) is 6.82. The fraction of sp³-hybridized carbons (Fsp3) is 0.435. The van der Waals surface area contributed by atoms with Gasteiger partial charge in [0.25, 0.3) is 0 Å². The van der Waals surface area contributed by atoms with Crippen molar-refractivity contribution in [2.24, 2.45) is 0 Å². The molecule has 1 fully saturated rings. The van der Waals surface area contributed by atoms with Crippen LogP contribution in [0.25, 0.3) is 0 Å². The fourth-order valence-electron chi connectivity index (χ4n) is 3.63. The van der Waals surface area contributed by atoms with Gasteiger partial charge in [-0.3, -0.25) is 9.10 Å². The van der Waals surface area contributed by atoms with E-state index in [1.807, 2.05) is 19.1 Å². The van der Waals surface area contributed by atoms with E-state index in [1.165, 1.54) is 4.31 Å². The predicted octanol–water partition coefficient (Wildman–Crippen LogP) is 3.35. The third kappa shape index (κ3) is 6.85. The van der Waals surface area contributed by atoms with E-state index in [-0.39, 0.29) is 18.9 Å². The van der Waals surface area contributed by atoms with E-state index in [0.29, 0.717) is 23.7 Å². The van der Waals surface area contributed by atoms with E-state index >= 15 is 0 Å². The first kappa shape index (κ1) is 24.4. The van der Waals surface area contributed by atoms with Crippen molar-refractivity contribution in [3.05, 3.63) is 58.6 Å². The van der Waals surface area contributed by atoms with Crippen molar-refractivity contribution in [2.45, 2.75) is 26.3 Å². The van der Waals surface area contributed by atoms with Gasteiger partial charge in [0.1, 0.15) is 0 Å². The summed E-state index contributed by atoms with van der Waals surface area (Å²) in [5, 5.41) is 3.38. The summed E-state index contributed by atoms with van der Waals surface area (Å²) in [5.41, 5.74) is 3.52. The van der Waals surface area contributed by atoms with Gasteiger partial charge in [-0.25, -0.2) is 8.42 Å². The molecule has 32 heavy (non-hydrogen) atoms. The van der Waals surface area contributed by atoms with E-state index < -0.39 is 10.0 Å². The summed E-state index contributed by atoms with van der Waals surface area (Å²) in [6, 6.07) is 13.3. The van der Waals surface area contributed by atoms with E-state index in [4.69, 9.17) is 16.3 Å². The van der Waals surface area contributed by atoms with E-state index in [1.54, 1.807) is 18.2 Å². The van der Waals surface area contributed by atoms with Crippen molar-refractivity contribution in [3.63, 3.8) is 0 Å². The summed E-state index contributed by atoms with van der Waals surface area (Å²) >= 11 is 6.05. The molecule has 0 radical (unpaired) electrons. The molecular weight excluding hydrogens is 450 g/mol. The Kier molecular flexibility index (Phi) is 8.39. The van der Waals surface area contributed by atoms with Crippen LogP contribution in [0.5, 0.6) is 0 Å².